The summed E-state index contributed by atoms with van der Waals surface area (Å²) in [5, 5.41) is 0. The Morgan fingerprint density at radius 3 is 2.07 bits per heavy atom. The second-order valence-electron chi connectivity index (χ2n) is 5.36. The van der Waals surface area contributed by atoms with Gasteiger partial charge >= 0.3 is 92.3 Å². The van der Waals surface area contributed by atoms with Gasteiger partial charge in [0.1, 0.15) is 0 Å². The third kappa shape index (κ3) is 2.86. The molecule has 1 aliphatic rings. The zero-order chi connectivity index (χ0) is 10.7. The van der Waals surface area contributed by atoms with Gasteiger partial charge in [-0.25, -0.2) is 0 Å². The summed E-state index contributed by atoms with van der Waals surface area (Å²) < 4.78 is 11.4. The molecule has 0 radical (unpaired) electrons. The number of methoxy groups -OCH3 is 1. The molecule has 0 aromatic carbocycles. The standard InChI is InChI=1S/C8H15O2.3CH3.Sn/c1-9-7-10-8-5-3-2-4-6-8;;;;/h2-7H2,1H3;3*1H3;. The van der Waals surface area contributed by atoms with Gasteiger partial charge in [0, 0.05) is 0 Å². The summed E-state index contributed by atoms with van der Waals surface area (Å²) in [7, 11) is 1.72. The van der Waals surface area contributed by atoms with Crippen LogP contribution in [0.2, 0.25) is 14.8 Å². The van der Waals surface area contributed by atoms with Gasteiger partial charge in [-0.2, -0.15) is 0 Å². The van der Waals surface area contributed by atoms with Crippen molar-refractivity contribution >= 4 is 18.4 Å². The second kappa shape index (κ2) is 5.17. The summed E-state index contributed by atoms with van der Waals surface area (Å²) in [6.45, 7) is 0.480. The third-order valence-electron chi connectivity index (χ3n) is 3.48. The molecule has 0 aromatic rings. The van der Waals surface area contributed by atoms with Crippen LogP contribution < -0.4 is 0 Å². The Kier molecular flexibility index (Phi) is 4.72. The molecular weight excluding hydrogens is 283 g/mol. The molecule has 0 spiro atoms. The number of rotatable bonds is 4. The third-order valence-corrected chi connectivity index (χ3v) is 13.1. The van der Waals surface area contributed by atoms with Gasteiger partial charge < -0.3 is 0 Å². The summed E-state index contributed by atoms with van der Waals surface area (Å²) in [5.74, 6) is 0. The first-order valence-corrected chi connectivity index (χ1v) is 15.6. The maximum atomic E-state index is 6.06. The minimum absolute atomic E-state index is 0.253. The van der Waals surface area contributed by atoms with Gasteiger partial charge in [-0.05, 0) is 0 Å². The van der Waals surface area contributed by atoms with E-state index in [2.05, 4.69) is 14.8 Å². The Morgan fingerprint density at radius 2 is 1.64 bits per heavy atom. The van der Waals surface area contributed by atoms with E-state index in [-0.39, 0.29) is 3.62 Å². The average molecular weight is 307 g/mol. The van der Waals surface area contributed by atoms with E-state index >= 15 is 0 Å². The van der Waals surface area contributed by atoms with Gasteiger partial charge in [0.25, 0.3) is 0 Å². The molecule has 0 aliphatic heterocycles. The van der Waals surface area contributed by atoms with Crippen LogP contribution in [0.4, 0.5) is 0 Å². The van der Waals surface area contributed by atoms with Crippen LogP contribution >= 0.6 is 0 Å². The van der Waals surface area contributed by atoms with E-state index in [0.717, 1.165) is 0 Å². The molecule has 14 heavy (non-hydrogen) atoms. The van der Waals surface area contributed by atoms with Gasteiger partial charge in [0.15, 0.2) is 0 Å². The molecule has 2 nitrogen and oxygen atoms in total. The van der Waals surface area contributed by atoms with Crippen molar-refractivity contribution in [2.24, 2.45) is 0 Å². The molecule has 0 unspecified atom stereocenters. The molecule has 1 rings (SSSR count). The quantitative estimate of drug-likeness (QED) is 0.586. The van der Waals surface area contributed by atoms with Crippen LogP contribution in [0.15, 0.2) is 0 Å². The number of hydrogen-bond acceptors (Lipinski definition) is 2. The van der Waals surface area contributed by atoms with Gasteiger partial charge in [0.05, 0.1) is 0 Å². The minimum atomic E-state index is -1.99. The zero-order valence-electron chi connectivity index (χ0n) is 10.1. The fraction of sp³-hybridized carbons (Fsp3) is 1.00. The van der Waals surface area contributed by atoms with Crippen molar-refractivity contribution in [2.45, 2.75) is 50.5 Å². The first-order valence-electron chi connectivity index (χ1n) is 5.65. The Bertz CT molecular complexity index is 169. The molecule has 1 fully saturated rings. The van der Waals surface area contributed by atoms with Crippen molar-refractivity contribution in [3.8, 4) is 0 Å². The first kappa shape index (κ1) is 12.8. The monoisotopic (exact) mass is 308 g/mol. The van der Waals surface area contributed by atoms with E-state index < -0.39 is 18.4 Å². The van der Waals surface area contributed by atoms with E-state index in [9.17, 15) is 0 Å². The van der Waals surface area contributed by atoms with Crippen molar-refractivity contribution in [1.29, 1.82) is 0 Å². The molecule has 1 saturated carbocycles. The van der Waals surface area contributed by atoms with Gasteiger partial charge in [-0.15, -0.1) is 0 Å². The topological polar surface area (TPSA) is 18.5 Å². The molecule has 0 aromatic heterocycles. The predicted octanol–water partition coefficient (Wildman–Crippen LogP) is 3.19. The van der Waals surface area contributed by atoms with Crippen molar-refractivity contribution in [3.05, 3.63) is 0 Å². The van der Waals surface area contributed by atoms with Crippen LogP contribution in [0.5, 0.6) is 0 Å². The fourth-order valence-electron chi connectivity index (χ4n) is 2.41. The number of ether oxygens (including phenoxy) is 2. The van der Waals surface area contributed by atoms with Crippen LogP contribution in [0.3, 0.4) is 0 Å². The molecule has 0 heterocycles. The second-order valence-corrected chi connectivity index (χ2v) is 20.8. The molecule has 0 saturated heterocycles. The Labute approximate surface area is 92.2 Å². The molecule has 3 heteroatoms. The Balaban J connectivity index is 2.67. The van der Waals surface area contributed by atoms with Crippen LogP contribution in [-0.4, -0.2) is 35.9 Å². The van der Waals surface area contributed by atoms with Gasteiger partial charge in [-0.1, -0.05) is 0 Å². The molecule has 0 N–H and O–H groups in total. The number of hydrogen-bond donors (Lipinski definition) is 0. The van der Waals surface area contributed by atoms with E-state index in [0.29, 0.717) is 6.79 Å². The predicted molar refractivity (Wildman–Crippen MR) is 62.1 cm³/mol. The summed E-state index contributed by atoms with van der Waals surface area (Å²) >= 11 is -1.99. The van der Waals surface area contributed by atoms with E-state index in [1.165, 1.54) is 32.1 Å². The van der Waals surface area contributed by atoms with Gasteiger partial charge in [0.2, 0.25) is 0 Å². The Hall–Kier alpha value is 0.719. The van der Waals surface area contributed by atoms with Crippen LogP contribution in [0.25, 0.3) is 0 Å². The molecule has 0 amide bonds. The van der Waals surface area contributed by atoms with Crippen molar-refractivity contribution < 1.29 is 9.47 Å². The zero-order valence-corrected chi connectivity index (χ0v) is 12.9. The summed E-state index contributed by atoms with van der Waals surface area (Å²) in [6.07, 6.45) is 6.63. The fourth-order valence-corrected chi connectivity index (χ4v) is 9.10. The van der Waals surface area contributed by atoms with Crippen molar-refractivity contribution in [1.82, 2.24) is 0 Å². The summed E-state index contributed by atoms with van der Waals surface area (Å²) in [6, 6.07) is 0. The summed E-state index contributed by atoms with van der Waals surface area (Å²) in [5.41, 5.74) is 0. The Morgan fingerprint density at radius 1 is 1.07 bits per heavy atom. The molecular formula is C11H24O2Sn. The van der Waals surface area contributed by atoms with Crippen LogP contribution in [-0.2, 0) is 9.47 Å². The van der Waals surface area contributed by atoms with E-state index in [4.69, 9.17) is 9.47 Å². The van der Waals surface area contributed by atoms with Gasteiger partial charge in [-0.3, -0.25) is 0 Å². The molecule has 84 valence electrons. The van der Waals surface area contributed by atoms with E-state index in [1.54, 1.807) is 7.11 Å². The first-order chi connectivity index (χ1) is 6.52. The summed E-state index contributed by atoms with van der Waals surface area (Å²) in [4.78, 5) is 7.45. The van der Waals surface area contributed by atoms with E-state index in [1.807, 2.05) is 0 Å². The average Bonchev–Trinajstić information content (AvgIpc) is 2.14. The van der Waals surface area contributed by atoms with Crippen LogP contribution in [0.1, 0.15) is 32.1 Å². The normalized spacial score (nSPS) is 22.3. The van der Waals surface area contributed by atoms with Crippen molar-refractivity contribution in [3.63, 3.8) is 0 Å². The molecule has 1 aliphatic carbocycles. The molecule has 0 bridgehead atoms. The molecule has 0 atom stereocenters. The maximum absolute atomic E-state index is 6.06. The van der Waals surface area contributed by atoms with Crippen LogP contribution in [0, 0.1) is 0 Å². The SMILES string of the molecule is COCO[C]1([Sn]([CH3])([CH3])[CH3])CCCCC1. The van der Waals surface area contributed by atoms with Crippen molar-refractivity contribution in [2.75, 3.05) is 13.9 Å².